The molecule has 0 bridgehead atoms. The minimum Gasteiger partial charge on any atom is -0.349 e. The Hall–Kier alpha value is -2.34. The lowest BCUT2D eigenvalue weighted by molar-refractivity contribution is 0.0937. The van der Waals surface area contributed by atoms with Gasteiger partial charge in [-0.15, -0.1) is 0 Å². The van der Waals surface area contributed by atoms with Gasteiger partial charge in [0.2, 0.25) is 0 Å². The summed E-state index contributed by atoms with van der Waals surface area (Å²) in [6, 6.07) is 6.95. The van der Waals surface area contributed by atoms with Crippen molar-refractivity contribution in [1.82, 2.24) is 14.9 Å². The summed E-state index contributed by atoms with van der Waals surface area (Å²) in [7, 11) is 0. The van der Waals surface area contributed by atoms with Crippen molar-refractivity contribution < 1.29 is 9.59 Å². The summed E-state index contributed by atoms with van der Waals surface area (Å²) in [4.78, 5) is 29.4. The number of halogens is 1. The van der Waals surface area contributed by atoms with E-state index in [1.165, 1.54) is 0 Å². The van der Waals surface area contributed by atoms with Crippen LogP contribution in [0.2, 0.25) is 5.02 Å². The molecule has 2 amide bonds. The highest BCUT2D eigenvalue weighted by atomic mass is 35.5. The Balaban J connectivity index is 1.89. The molecule has 7 heteroatoms. The van der Waals surface area contributed by atoms with E-state index in [1.807, 2.05) is 11.5 Å². The van der Waals surface area contributed by atoms with Gasteiger partial charge in [-0.2, -0.15) is 0 Å². The Kier molecular flexibility index (Phi) is 5.38. The molecule has 3 rings (SSSR count). The van der Waals surface area contributed by atoms with E-state index in [1.54, 1.807) is 24.3 Å². The van der Waals surface area contributed by atoms with Gasteiger partial charge in [0.25, 0.3) is 11.8 Å². The molecule has 0 unspecified atom stereocenters. The van der Waals surface area contributed by atoms with Gasteiger partial charge in [-0.05, 0) is 43.9 Å². The van der Waals surface area contributed by atoms with Gasteiger partial charge < -0.3 is 15.2 Å². The normalized spacial score (nSPS) is 13.2. The van der Waals surface area contributed by atoms with Crippen LogP contribution in [0, 0.1) is 0 Å². The number of hydrogen-bond acceptors (Lipinski definition) is 3. The van der Waals surface area contributed by atoms with E-state index in [4.69, 9.17) is 11.6 Å². The van der Waals surface area contributed by atoms with Crippen LogP contribution in [0.4, 0.5) is 5.69 Å². The van der Waals surface area contributed by atoms with Crippen molar-refractivity contribution >= 4 is 29.1 Å². The smallest absolute Gasteiger partial charge is 0.287 e. The molecule has 0 fully saturated rings. The number of rotatable bonds is 5. The molecule has 2 heterocycles. The Morgan fingerprint density at radius 1 is 1.28 bits per heavy atom. The predicted octanol–water partition coefficient (Wildman–Crippen LogP) is 3.26. The van der Waals surface area contributed by atoms with Crippen LogP contribution in [-0.4, -0.2) is 27.9 Å². The molecule has 2 aromatic rings. The molecule has 2 N–H and O–H groups in total. The summed E-state index contributed by atoms with van der Waals surface area (Å²) in [6.07, 6.45) is 3.56. The molecular weight excluding hydrogens is 340 g/mol. The number of benzene rings is 1. The maximum Gasteiger partial charge on any atom is 0.287 e. The fourth-order valence-corrected chi connectivity index (χ4v) is 3.16. The quantitative estimate of drug-likeness (QED) is 0.859. The SMILES string of the molecule is CCCNC(=O)c1nc(C(=O)Nc2cccc(Cl)c2)c2n1CCCC2. The highest BCUT2D eigenvalue weighted by Gasteiger charge is 2.27. The second-order valence-electron chi connectivity index (χ2n) is 6.06. The minimum absolute atomic E-state index is 0.230. The van der Waals surface area contributed by atoms with E-state index in [9.17, 15) is 9.59 Å². The summed E-state index contributed by atoms with van der Waals surface area (Å²) < 4.78 is 1.88. The summed E-state index contributed by atoms with van der Waals surface area (Å²) in [6.45, 7) is 3.29. The van der Waals surface area contributed by atoms with Crippen molar-refractivity contribution in [3.05, 3.63) is 46.5 Å². The number of imidazole rings is 1. The Morgan fingerprint density at radius 2 is 2.12 bits per heavy atom. The first-order valence-electron chi connectivity index (χ1n) is 8.54. The monoisotopic (exact) mass is 360 g/mol. The number of aromatic nitrogens is 2. The third-order valence-corrected chi connectivity index (χ3v) is 4.39. The van der Waals surface area contributed by atoms with Gasteiger partial charge in [-0.25, -0.2) is 4.98 Å². The van der Waals surface area contributed by atoms with E-state index in [0.29, 0.717) is 35.3 Å². The van der Waals surface area contributed by atoms with Gasteiger partial charge in [-0.3, -0.25) is 9.59 Å². The van der Waals surface area contributed by atoms with Crippen LogP contribution in [0.3, 0.4) is 0 Å². The van der Waals surface area contributed by atoms with E-state index in [0.717, 1.165) is 31.4 Å². The minimum atomic E-state index is -0.317. The molecule has 1 aromatic heterocycles. The fourth-order valence-electron chi connectivity index (χ4n) is 2.97. The zero-order valence-corrected chi connectivity index (χ0v) is 14.9. The van der Waals surface area contributed by atoms with E-state index >= 15 is 0 Å². The van der Waals surface area contributed by atoms with Gasteiger partial charge in [0, 0.05) is 23.8 Å². The zero-order valence-electron chi connectivity index (χ0n) is 14.1. The number of hydrogen-bond donors (Lipinski definition) is 2. The highest BCUT2D eigenvalue weighted by molar-refractivity contribution is 6.31. The van der Waals surface area contributed by atoms with Crippen LogP contribution in [0.15, 0.2) is 24.3 Å². The Bertz CT molecular complexity index is 800. The number of fused-ring (bicyclic) bond motifs is 1. The van der Waals surface area contributed by atoms with Crippen LogP contribution >= 0.6 is 11.6 Å². The van der Waals surface area contributed by atoms with Crippen LogP contribution in [-0.2, 0) is 13.0 Å². The van der Waals surface area contributed by atoms with Crippen molar-refractivity contribution in [1.29, 1.82) is 0 Å². The molecular formula is C18H21ClN4O2. The second-order valence-corrected chi connectivity index (χ2v) is 6.50. The van der Waals surface area contributed by atoms with Crippen molar-refractivity contribution in [2.45, 2.75) is 39.2 Å². The van der Waals surface area contributed by atoms with Crippen LogP contribution in [0.5, 0.6) is 0 Å². The molecule has 0 aliphatic carbocycles. The molecule has 0 atom stereocenters. The summed E-state index contributed by atoms with van der Waals surface area (Å²) in [5.41, 5.74) is 1.75. The molecule has 132 valence electrons. The van der Waals surface area contributed by atoms with E-state index < -0.39 is 0 Å². The summed E-state index contributed by atoms with van der Waals surface area (Å²) in [5.74, 6) is -0.228. The first-order valence-corrected chi connectivity index (χ1v) is 8.92. The van der Waals surface area contributed by atoms with Gasteiger partial charge in [-0.1, -0.05) is 24.6 Å². The number of nitrogens with zero attached hydrogens (tertiary/aromatic N) is 2. The molecule has 1 aliphatic heterocycles. The van der Waals surface area contributed by atoms with Gasteiger partial charge in [0.05, 0.1) is 5.69 Å². The molecule has 0 radical (unpaired) electrons. The van der Waals surface area contributed by atoms with Crippen molar-refractivity contribution in [2.24, 2.45) is 0 Å². The van der Waals surface area contributed by atoms with Crippen molar-refractivity contribution in [2.75, 3.05) is 11.9 Å². The lowest BCUT2D eigenvalue weighted by Gasteiger charge is -2.17. The average Bonchev–Trinajstić information content (AvgIpc) is 2.99. The Labute approximate surface area is 151 Å². The van der Waals surface area contributed by atoms with Crippen molar-refractivity contribution in [3.8, 4) is 0 Å². The van der Waals surface area contributed by atoms with Gasteiger partial charge in [0.1, 0.15) is 0 Å². The topological polar surface area (TPSA) is 76.0 Å². The number of anilines is 1. The van der Waals surface area contributed by atoms with E-state index in [2.05, 4.69) is 15.6 Å². The molecule has 0 saturated heterocycles. The molecule has 25 heavy (non-hydrogen) atoms. The van der Waals surface area contributed by atoms with E-state index in [-0.39, 0.29) is 11.8 Å². The lowest BCUT2D eigenvalue weighted by Crippen LogP contribution is -2.28. The van der Waals surface area contributed by atoms with Crippen LogP contribution < -0.4 is 10.6 Å². The lowest BCUT2D eigenvalue weighted by atomic mass is 10.1. The largest absolute Gasteiger partial charge is 0.349 e. The number of nitrogens with one attached hydrogen (secondary N) is 2. The number of carbonyl (C=O) groups is 2. The van der Waals surface area contributed by atoms with Gasteiger partial charge >= 0.3 is 0 Å². The summed E-state index contributed by atoms with van der Waals surface area (Å²) >= 11 is 5.96. The predicted molar refractivity (Wildman–Crippen MR) is 97.2 cm³/mol. The molecule has 6 nitrogen and oxygen atoms in total. The zero-order chi connectivity index (χ0) is 17.8. The number of carbonyl (C=O) groups excluding carboxylic acids is 2. The first kappa shape index (κ1) is 17.5. The summed E-state index contributed by atoms with van der Waals surface area (Å²) in [5, 5.41) is 6.20. The third kappa shape index (κ3) is 3.85. The molecule has 0 saturated carbocycles. The van der Waals surface area contributed by atoms with Crippen LogP contribution in [0.1, 0.15) is 53.0 Å². The van der Waals surface area contributed by atoms with Crippen molar-refractivity contribution in [3.63, 3.8) is 0 Å². The molecule has 1 aliphatic rings. The van der Waals surface area contributed by atoms with Gasteiger partial charge in [0.15, 0.2) is 11.5 Å². The molecule has 0 spiro atoms. The maximum atomic E-state index is 12.7. The standard InChI is InChI=1S/C18H21ClN4O2/c1-2-9-20-18(25)16-22-15(14-8-3-4-10-23(14)16)17(24)21-13-7-5-6-12(19)11-13/h5-7,11H,2-4,8-10H2,1H3,(H,20,25)(H,21,24). The van der Waals surface area contributed by atoms with Crippen LogP contribution in [0.25, 0.3) is 0 Å². The fraction of sp³-hybridized carbons (Fsp3) is 0.389. The second kappa shape index (κ2) is 7.70. The first-order chi connectivity index (χ1) is 12.1. The highest BCUT2D eigenvalue weighted by Crippen LogP contribution is 2.23. The maximum absolute atomic E-state index is 12.7. The Morgan fingerprint density at radius 3 is 2.88 bits per heavy atom. The number of amides is 2. The third-order valence-electron chi connectivity index (χ3n) is 4.15. The average molecular weight is 361 g/mol. The molecule has 1 aromatic carbocycles.